The van der Waals surface area contributed by atoms with Gasteiger partial charge in [0.1, 0.15) is 11.4 Å². The maximum Gasteiger partial charge on any atom is 0.416 e. The highest BCUT2D eigenvalue weighted by molar-refractivity contribution is 8.00. The number of hydrogen-bond acceptors (Lipinski definition) is 7. The summed E-state index contributed by atoms with van der Waals surface area (Å²) in [4.78, 5) is 40.0. The number of halogens is 3. The van der Waals surface area contributed by atoms with Crippen molar-refractivity contribution in [3.05, 3.63) is 113 Å². The van der Waals surface area contributed by atoms with Crippen molar-refractivity contribution in [2.75, 3.05) is 32.0 Å². The van der Waals surface area contributed by atoms with Crippen molar-refractivity contribution < 1.29 is 41.8 Å². The van der Waals surface area contributed by atoms with Crippen LogP contribution in [0, 0.1) is 0 Å². The van der Waals surface area contributed by atoms with E-state index in [2.05, 4.69) is 16.0 Å². The molecule has 0 bridgehead atoms. The molecule has 250 valence electrons. The molecule has 0 aliphatic carbocycles. The fraction of sp³-hybridized carbons (Fsp3) is 0.171. The van der Waals surface area contributed by atoms with Gasteiger partial charge in [0.25, 0.3) is 11.8 Å². The second-order valence-electron chi connectivity index (χ2n) is 10.1. The molecule has 3 amide bonds. The van der Waals surface area contributed by atoms with E-state index in [-0.39, 0.29) is 11.4 Å². The first-order chi connectivity index (χ1) is 22.9. The van der Waals surface area contributed by atoms with Crippen LogP contribution in [0.5, 0.6) is 17.2 Å². The van der Waals surface area contributed by atoms with E-state index in [0.29, 0.717) is 39.0 Å². The van der Waals surface area contributed by atoms with Gasteiger partial charge in [-0.1, -0.05) is 24.3 Å². The Morgan fingerprint density at radius 1 is 0.750 bits per heavy atom. The second kappa shape index (κ2) is 15.9. The number of benzene rings is 4. The lowest BCUT2D eigenvalue weighted by atomic mass is 10.1. The zero-order valence-electron chi connectivity index (χ0n) is 26.3. The standard InChI is InChI=1S/C35H32F3N3O6S/c1-21(32(42)40-26-12-8-11-24(19-26)35(36,37)38)48-27-15-13-25(14-16-27)39-34(44)28(41-33(43)22-9-6-5-7-10-22)17-23-18-30(46-3)31(47-4)20-29(23)45-2/h5-21H,1-4H3,(H,39,44)(H,40,42)(H,41,43)/b28-17-. The Kier molecular flexibility index (Phi) is 11.7. The molecule has 9 nitrogen and oxygen atoms in total. The number of methoxy groups -OCH3 is 3. The minimum absolute atomic E-state index is 0.0363. The normalized spacial score (nSPS) is 12.0. The van der Waals surface area contributed by atoms with Gasteiger partial charge in [0, 0.05) is 33.5 Å². The largest absolute Gasteiger partial charge is 0.496 e. The third-order valence-corrected chi connectivity index (χ3v) is 7.93. The van der Waals surface area contributed by atoms with Gasteiger partial charge in [-0.3, -0.25) is 14.4 Å². The first-order valence-electron chi connectivity index (χ1n) is 14.4. The molecular weight excluding hydrogens is 647 g/mol. The summed E-state index contributed by atoms with van der Waals surface area (Å²) in [5, 5.41) is 7.29. The van der Waals surface area contributed by atoms with Crippen LogP contribution in [0.25, 0.3) is 6.08 Å². The van der Waals surface area contributed by atoms with Crippen molar-refractivity contribution in [2.45, 2.75) is 23.2 Å². The quantitative estimate of drug-likeness (QED) is 0.107. The van der Waals surface area contributed by atoms with Crippen molar-refractivity contribution in [3.8, 4) is 17.2 Å². The monoisotopic (exact) mass is 679 g/mol. The summed E-state index contributed by atoms with van der Waals surface area (Å²) in [5.41, 5.74) is 0.242. The molecule has 0 spiro atoms. The van der Waals surface area contributed by atoms with Gasteiger partial charge in [0.05, 0.1) is 32.1 Å². The van der Waals surface area contributed by atoms with Crippen LogP contribution >= 0.6 is 11.8 Å². The number of rotatable bonds is 12. The van der Waals surface area contributed by atoms with Crippen molar-refractivity contribution >= 4 is 46.9 Å². The highest BCUT2D eigenvalue weighted by Crippen LogP contribution is 2.36. The van der Waals surface area contributed by atoms with Gasteiger partial charge in [-0.25, -0.2) is 0 Å². The number of alkyl halides is 3. The Labute approximate surface area is 279 Å². The smallest absolute Gasteiger partial charge is 0.416 e. The third-order valence-electron chi connectivity index (χ3n) is 6.82. The summed E-state index contributed by atoms with van der Waals surface area (Å²) in [6.07, 6.45) is -3.08. The van der Waals surface area contributed by atoms with Crippen LogP contribution in [0.3, 0.4) is 0 Å². The molecule has 0 aliphatic heterocycles. The Morgan fingerprint density at radius 2 is 1.40 bits per heavy atom. The molecule has 3 N–H and O–H groups in total. The van der Waals surface area contributed by atoms with Gasteiger partial charge in [-0.15, -0.1) is 11.8 Å². The molecular formula is C35H32F3N3O6S. The van der Waals surface area contributed by atoms with Crippen LogP contribution in [0.4, 0.5) is 24.5 Å². The highest BCUT2D eigenvalue weighted by Gasteiger charge is 2.30. The summed E-state index contributed by atoms with van der Waals surface area (Å²) in [5.74, 6) is -0.479. The lowest BCUT2D eigenvalue weighted by Crippen LogP contribution is -2.30. The molecule has 48 heavy (non-hydrogen) atoms. The molecule has 1 atom stereocenters. The summed E-state index contributed by atoms with van der Waals surface area (Å²) < 4.78 is 55.3. The molecule has 0 heterocycles. The SMILES string of the molecule is COc1cc(OC)c(OC)cc1/C=C(\NC(=O)c1ccccc1)C(=O)Nc1ccc(SC(C)C(=O)Nc2cccc(C(F)(F)F)c2)cc1. The third kappa shape index (κ3) is 9.32. The highest BCUT2D eigenvalue weighted by atomic mass is 32.2. The lowest BCUT2D eigenvalue weighted by molar-refractivity contribution is -0.137. The number of ether oxygens (including phenoxy) is 3. The Balaban J connectivity index is 1.50. The van der Waals surface area contributed by atoms with Crippen LogP contribution < -0.4 is 30.2 Å². The maximum atomic E-state index is 13.6. The Hall–Kier alpha value is -5.43. The molecule has 4 rings (SSSR count). The first kappa shape index (κ1) is 35.4. The molecule has 4 aromatic carbocycles. The number of amides is 3. The average Bonchev–Trinajstić information content (AvgIpc) is 3.08. The van der Waals surface area contributed by atoms with E-state index in [9.17, 15) is 27.6 Å². The predicted octanol–water partition coefficient (Wildman–Crippen LogP) is 7.26. The zero-order valence-corrected chi connectivity index (χ0v) is 27.1. The maximum absolute atomic E-state index is 13.6. The summed E-state index contributed by atoms with van der Waals surface area (Å²) in [6.45, 7) is 1.62. The second-order valence-corrected chi connectivity index (χ2v) is 11.5. The van der Waals surface area contributed by atoms with Gasteiger partial charge in [0.15, 0.2) is 11.5 Å². The van der Waals surface area contributed by atoms with Crippen LogP contribution in [0.2, 0.25) is 0 Å². The van der Waals surface area contributed by atoms with Crippen LogP contribution in [0.15, 0.2) is 102 Å². The zero-order chi connectivity index (χ0) is 34.8. The Bertz CT molecular complexity index is 1800. The van der Waals surface area contributed by atoms with E-state index in [1.807, 2.05) is 0 Å². The van der Waals surface area contributed by atoms with E-state index in [1.165, 1.54) is 51.3 Å². The van der Waals surface area contributed by atoms with E-state index in [0.717, 1.165) is 12.1 Å². The number of thioether (sulfide) groups is 1. The van der Waals surface area contributed by atoms with Crippen LogP contribution in [-0.4, -0.2) is 44.3 Å². The Morgan fingerprint density at radius 3 is 2.02 bits per heavy atom. The number of anilines is 2. The van der Waals surface area contributed by atoms with Crippen LogP contribution in [-0.2, 0) is 15.8 Å². The minimum atomic E-state index is -4.53. The van der Waals surface area contributed by atoms with E-state index in [1.54, 1.807) is 73.7 Å². The van der Waals surface area contributed by atoms with Crippen LogP contribution in [0.1, 0.15) is 28.4 Å². The fourth-order valence-electron chi connectivity index (χ4n) is 4.35. The minimum Gasteiger partial charge on any atom is -0.496 e. The number of carbonyl (C=O) groups is 3. The molecule has 1 unspecified atom stereocenters. The molecule has 0 fully saturated rings. The van der Waals surface area contributed by atoms with Crippen molar-refractivity contribution in [1.82, 2.24) is 5.32 Å². The number of nitrogens with one attached hydrogen (secondary N) is 3. The molecule has 4 aromatic rings. The lowest BCUT2D eigenvalue weighted by Gasteiger charge is -2.15. The first-order valence-corrected chi connectivity index (χ1v) is 15.2. The van der Waals surface area contributed by atoms with Crippen molar-refractivity contribution in [2.24, 2.45) is 0 Å². The molecule has 0 saturated carbocycles. The van der Waals surface area contributed by atoms with Gasteiger partial charge < -0.3 is 30.2 Å². The summed E-state index contributed by atoms with van der Waals surface area (Å²) in [7, 11) is 4.40. The van der Waals surface area contributed by atoms with Gasteiger partial charge in [0.2, 0.25) is 5.91 Å². The molecule has 0 aromatic heterocycles. The number of hydrogen-bond donors (Lipinski definition) is 3. The van der Waals surface area contributed by atoms with E-state index >= 15 is 0 Å². The van der Waals surface area contributed by atoms with E-state index in [4.69, 9.17) is 14.2 Å². The predicted molar refractivity (Wildman–Crippen MR) is 178 cm³/mol. The molecule has 0 radical (unpaired) electrons. The van der Waals surface area contributed by atoms with Crippen molar-refractivity contribution in [1.29, 1.82) is 0 Å². The van der Waals surface area contributed by atoms with Gasteiger partial charge in [-0.05, 0) is 73.7 Å². The van der Waals surface area contributed by atoms with Gasteiger partial charge in [-0.2, -0.15) is 13.2 Å². The van der Waals surface area contributed by atoms with Gasteiger partial charge >= 0.3 is 6.18 Å². The summed E-state index contributed by atoms with van der Waals surface area (Å²) in [6, 6.07) is 22.6. The number of carbonyl (C=O) groups excluding carboxylic acids is 3. The summed E-state index contributed by atoms with van der Waals surface area (Å²) >= 11 is 1.18. The topological polar surface area (TPSA) is 115 Å². The van der Waals surface area contributed by atoms with E-state index < -0.39 is 34.7 Å². The van der Waals surface area contributed by atoms with Crippen molar-refractivity contribution in [3.63, 3.8) is 0 Å². The average molecular weight is 680 g/mol. The fourth-order valence-corrected chi connectivity index (χ4v) is 5.22. The molecule has 0 aliphatic rings. The molecule has 0 saturated heterocycles. The molecule has 13 heteroatoms.